The quantitative estimate of drug-likeness (QED) is 0.664. The lowest BCUT2D eigenvalue weighted by Crippen LogP contribution is -2.47. The Bertz CT molecular complexity index is 241. The van der Waals surface area contributed by atoms with Crippen LogP contribution in [0.25, 0.3) is 0 Å². The molecule has 0 fully saturated rings. The van der Waals surface area contributed by atoms with Gasteiger partial charge >= 0.3 is 0 Å². The largest absolute Gasteiger partial charge is 0.347 e. The van der Waals surface area contributed by atoms with Gasteiger partial charge in [-0.25, -0.2) is 0 Å². The summed E-state index contributed by atoms with van der Waals surface area (Å²) < 4.78 is 0. The molecule has 0 aromatic heterocycles. The molecule has 94 valence electrons. The zero-order valence-corrected chi connectivity index (χ0v) is 10.8. The zero-order valence-electron chi connectivity index (χ0n) is 10.8. The van der Waals surface area contributed by atoms with E-state index >= 15 is 0 Å². The highest BCUT2D eigenvalue weighted by Gasteiger charge is 2.20. The molecule has 0 saturated heterocycles. The van der Waals surface area contributed by atoms with E-state index in [0.717, 1.165) is 6.54 Å². The molecular formula is C11H23N3O2. The van der Waals surface area contributed by atoms with Gasteiger partial charge in [0.05, 0.1) is 0 Å². The highest BCUT2D eigenvalue weighted by molar-refractivity contribution is 5.87. The third-order valence-corrected chi connectivity index (χ3v) is 2.32. The van der Waals surface area contributed by atoms with E-state index < -0.39 is 6.04 Å². The van der Waals surface area contributed by atoms with Crippen molar-refractivity contribution in [3.8, 4) is 0 Å². The SMILES string of the molecule is CCNCC(C)C(=O)NC(C)C(=O)N(C)C. The van der Waals surface area contributed by atoms with Gasteiger partial charge in [0.1, 0.15) is 6.04 Å². The van der Waals surface area contributed by atoms with E-state index in [1.54, 1.807) is 21.0 Å². The average molecular weight is 229 g/mol. The Balaban J connectivity index is 4.08. The number of rotatable bonds is 6. The molecule has 5 heteroatoms. The normalized spacial score (nSPS) is 14.1. The number of nitrogens with zero attached hydrogens (tertiary/aromatic N) is 1. The third-order valence-electron chi connectivity index (χ3n) is 2.32. The maximum absolute atomic E-state index is 11.7. The van der Waals surface area contributed by atoms with Crippen LogP contribution in [0.2, 0.25) is 0 Å². The van der Waals surface area contributed by atoms with Crippen molar-refractivity contribution in [2.24, 2.45) is 5.92 Å². The van der Waals surface area contributed by atoms with E-state index in [1.807, 2.05) is 13.8 Å². The minimum absolute atomic E-state index is 0.0935. The summed E-state index contributed by atoms with van der Waals surface area (Å²) in [6.45, 7) is 6.99. The topological polar surface area (TPSA) is 61.4 Å². The second-order valence-electron chi connectivity index (χ2n) is 4.17. The maximum atomic E-state index is 11.7. The summed E-state index contributed by atoms with van der Waals surface area (Å²) in [5.74, 6) is -0.315. The third kappa shape index (κ3) is 5.11. The molecule has 0 bridgehead atoms. The van der Waals surface area contributed by atoms with Gasteiger partial charge in [-0.2, -0.15) is 0 Å². The van der Waals surface area contributed by atoms with Crippen LogP contribution in [0.4, 0.5) is 0 Å². The van der Waals surface area contributed by atoms with E-state index in [-0.39, 0.29) is 17.7 Å². The summed E-state index contributed by atoms with van der Waals surface area (Å²) in [5.41, 5.74) is 0. The fraction of sp³-hybridized carbons (Fsp3) is 0.818. The number of likely N-dealkylation sites (N-methyl/N-ethyl adjacent to an activating group) is 1. The van der Waals surface area contributed by atoms with Crippen LogP contribution < -0.4 is 10.6 Å². The lowest BCUT2D eigenvalue weighted by molar-refractivity contribution is -0.134. The number of carbonyl (C=O) groups is 2. The summed E-state index contributed by atoms with van der Waals surface area (Å²) in [6, 6.07) is -0.466. The zero-order chi connectivity index (χ0) is 12.7. The summed E-state index contributed by atoms with van der Waals surface area (Å²) in [4.78, 5) is 24.6. The lowest BCUT2D eigenvalue weighted by Gasteiger charge is -2.20. The molecule has 0 aromatic carbocycles. The van der Waals surface area contributed by atoms with Gasteiger partial charge in [-0.3, -0.25) is 9.59 Å². The molecule has 0 aromatic rings. The van der Waals surface area contributed by atoms with E-state index in [9.17, 15) is 9.59 Å². The van der Waals surface area contributed by atoms with E-state index in [4.69, 9.17) is 0 Å². The molecule has 2 N–H and O–H groups in total. The average Bonchev–Trinajstić information content (AvgIpc) is 2.24. The summed E-state index contributed by atoms with van der Waals surface area (Å²) in [6.07, 6.45) is 0. The van der Waals surface area contributed by atoms with Gasteiger partial charge in [0.2, 0.25) is 11.8 Å². The predicted molar refractivity (Wildman–Crippen MR) is 64.0 cm³/mol. The predicted octanol–water partition coefficient (Wildman–Crippen LogP) is -0.175. The molecule has 0 rings (SSSR count). The Morgan fingerprint density at radius 1 is 1.25 bits per heavy atom. The molecule has 0 heterocycles. The minimum Gasteiger partial charge on any atom is -0.347 e. The van der Waals surface area contributed by atoms with Gasteiger partial charge in [-0.05, 0) is 13.5 Å². The molecule has 0 saturated carbocycles. The second kappa shape index (κ2) is 7.22. The molecular weight excluding hydrogens is 206 g/mol. The molecule has 0 aliphatic carbocycles. The van der Waals surface area contributed by atoms with Gasteiger partial charge in [0.15, 0.2) is 0 Å². The van der Waals surface area contributed by atoms with Crippen molar-refractivity contribution >= 4 is 11.8 Å². The van der Waals surface area contributed by atoms with Crippen LogP contribution in [0.3, 0.4) is 0 Å². The molecule has 0 aliphatic heterocycles. The van der Waals surface area contributed by atoms with Gasteiger partial charge in [-0.15, -0.1) is 0 Å². The fourth-order valence-electron chi connectivity index (χ4n) is 1.26. The van der Waals surface area contributed by atoms with Crippen LogP contribution in [-0.2, 0) is 9.59 Å². The summed E-state index contributed by atoms with van der Waals surface area (Å²) in [7, 11) is 3.35. The fourth-order valence-corrected chi connectivity index (χ4v) is 1.26. The van der Waals surface area contributed by atoms with Crippen molar-refractivity contribution in [2.75, 3.05) is 27.2 Å². The molecule has 2 atom stereocenters. The Hall–Kier alpha value is -1.10. The summed E-state index contributed by atoms with van der Waals surface area (Å²) >= 11 is 0. The number of hydrogen-bond donors (Lipinski definition) is 2. The van der Waals surface area contributed by atoms with Crippen LogP contribution in [0.5, 0.6) is 0 Å². The van der Waals surface area contributed by atoms with Crippen LogP contribution >= 0.6 is 0 Å². The molecule has 0 radical (unpaired) electrons. The van der Waals surface area contributed by atoms with Crippen LogP contribution in [0.15, 0.2) is 0 Å². The van der Waals surface area contributed by atoms with Gasteiger partial charge in [0.25, 0.3) is 0 Å². The number of amides is 2. The van der Waals surface area contributed by atoms with Crippen LogP contribution in [0, 0.1) is 5.92 Å². The number of nitrogens with one attached hydrogen (secondary N) is 2. The van der Waals surface area contributed by atoms with Crippen molar-refractivity contribution in [3.05, 3.63) is 0 Å². The lowest BCUT2D eigenvalue weighted by atomic mass is 10.1. The number of hydrogen-bond acceptors (Lipinski definition) is 3. The van der Waals surface area contributed by atoms with Crippen molar-refractivity contribution in [1.82, 2.24) is 15.5 Å². The monoisotopic (exact) mass is 229 g/mol. The van der Waals surface area contributed by atoms with Gasteiger partial charge < -0.3 is 15.5 Å². The molecule has 0 aliphatic rings. The van der Waals surface area contributed by atoms with Crippen LogP contribution in [-0.4, -0.2) is 49.9 Å². The standard InChI is InChI=1S/C11H23N3O2/c1-6-12-7-8(2)10(15)13-9(3)11(16)14(4)5/h8-9,12H,6-7H2,1-5H3,(H,13,15). The van der Waals surface area contributed by atoms with E-state index in [2.05, 4.69) is 10.6 Å². The maximum Gasteiger partial charge on any atom is 0.244 e. The first-order chi connectivity index (χ1) is 7.40. The molecule has 16 heavy (non-hydrogen) atoms. The Labute approximate surface area is 97.6 Å². The van der Waals surface area contributed by atoms with Crippen molar-refractivity contribution in [1.29, 1.82) is 0 Å². The highest BCUT2D eigenvalue weighted by atomic mass is 16.2. The van der Waals surface area contributed by atoms with Gasteiger partial charge in [0, 0.05) is 26.6 Å². The second-order valence-corrected chi connectivity index (χ2v) is 4.17. The van der Waals surface area contributed by atoms with Gasteiger partial charge in [-0.1, -0.05) is 13.8 Å². The minimum atomic E-state index is -0.466. The Morgan fingerprint density at radius 2 is 1.81 bits per heavy atom. The molecule has 0 spiro atoms. The van der Waals surface area contributed by atoms with E-state index in [1.165, 1.54) is 4.90 Å². The van der Waals surface area contributed by atoms with Crippen LogP contribution in [0.1, 0.15) is 20.8 Å². The van der Waals surface area contributed by atoms with Crippen molar-refractivity contribution < 1.29 is 9.59 Å². The van der Waals surface area contributed by atoms with E-state index in [0.29, 0.717) is 6.54 Å². The smallest absolute Gasteiger partial charge is 0.244 e. The molecule has 2 unspecified atom stereocenters. The summed E-state index contributed by atoms with van der Waals surface area (Å²) in [5, 5.41) is 5.80. The highest BCUT2D eigenvalue weighted by Crippen LogP contribution is 1.96. The van der Waals surface area contributed by atoms with Crippen molar-refractivity contribution in [3.63, 3.8) is 0 Å². The first kappa shape index (κ1) is 14.9. The number of carbonyl (C=O) groups excluding carboxylic acids is 2. The first-order valence-corrected chi connectivity index (χ1v) is 5.62. The Kier molecular flexibility index (Phi) is 6.72. The van der Waals surface area contributed by atoms with Crippen molar-refractivity contribution in [2.45, 2.75) is 26.8 Å². The first-order valence-electron chi connectivity index (χ1n) is 5.62. The molecule has 2 amide bonds. The molecule has 5 nitrogen and oxygen atoms in total. The Morgan fingerprint density at radius 3 is 2.25 bits per heavy atom.